The van der Waals surface area contributed by atoms with Crippen molar-refractivity contribution in [2.45, 2.75) is 78.1 Å². The summed E-state index contributed by atoms with van der Waals surface area (Å²) in [7, 11) is 0. The summed E-state index contributed by atoms with van der Waals surface area (Å²) in [6.07, 6.45) is 11.3. The van der Waals surface area contributed by atoms with Crippen molar-refractivity contribution in [2.24, 2.45) is 5.92 Å². The molecule has 1 aromatic rings. The molecule has 0 aromatic heterocycles. The van der Waals surface area contributed by atoms with E-state index in [1.807, 2.05) is 19.1 Å². The van der Waals surface area contributed by atoms with Crippen LogP contribution >= 0.6 is 0 Å². The van der Waals surface area contributed by atoms with Gasteiger partial charge in [-0.3, -0.25) is 0 Å². The Balaban J connectivity index is 2.18. The Morgan fingerprint density at radius 3 is 2.36 bits per heavy atom. The lowest BCUT2D eigenvalue weighted by Gasteiger charge is -2.31. The predicted molar refractivity (Wildman–Crippen MR) is 106 cm³/mol. The summed E-state index contributed by atoms with van der Waals surface area (Å²) in [4.78, 5) is 0. The molecule has 2 rings (SSSR count). The van der Waals surface area contributed by atoms with Gasteiger partial charge in [-0.05, 0) is 63.1 Å². The summed E-state index contributed by atoms with van der Waals surface area (Å²) in [5, 5.41) is 21.3. The maximum atomic E-state index is 10.6. The molecule has 1 unspecified atom stereocenters. The average molecular weight is 343 g/mol. The molecule has 2 N–H and O–H groups in total. The van der Waals surface area contributed by atoms with E-state index in [4.69, 9.17) is 0 Å². The van der Waals surface area contributed by atoms with Crippen molar-refractivity contribution in [1.82, 2.24) is 0 Å². The number of phenolic OH excluding ortho intramolecular Hbond substituents is 2. The third-order valence-electron chi connectivity index (χ3n) is 5.48. The fourth-order valence-electron chi connectivity index (χ4n) is 4.00. The Morgan fingerprint density at radius 2 is 1.76 bits per heavy atom. The first-order chi connectivity index (χ1) is 11.9. The molecule has 0 aliphatic heterocycles. The van der Waals surface area contributed by atoms with Crippen molar-refractivity contribution in [3.63, 3.8) is 0 Å². The van der Waals surface area contributed by atoms with E-state index < -0.39 is 0 Å². The van der Waals surface area contributed by atoms with Crippen LogP contribution in [0.25, 0.3) is 0 Å². The summed E-state index contributed by atoms with van der Waals surface area (Å²) >= 11 is 0. The standard InChI is InChI=1S/C23H34O2/c1-5-6-7-8-9-10-18-14-21(24)23(22(25)15-18)20-13-17(4)11-12-19(20)16(2)3/h13-15,19-20,24-25H,2,5-12H2,1,3-4H3/t19?,20-/m0/s1. The molecular formula is C23H34O2. The van der Waals surface area contributed by atoms with Gasteiger partial charge in [0, 0.05) is 11.5 Å². The van der Waals surface area contributed by atoms with E-state index in [2.05, 4.69) is 26.5 Å². The zero-order chi connectivity index (χ0) is 18.4. The maximum Gasteiger partial charge on any atom is 0.123 e. The highest BCUT2D eigenvalue weighted by molar-refractivity contribution is 5.51. The van der Waals surface area contributed by atoms with E-state index in [1.165, 1.54) is 31.3 Å². The van der Waals surface area contributed by atoms with Gasteiger partial charge in [-0.1, -0.05) is 56.4 Å². The molecule has 25 heavy (non-hydrogen) atoms. The van der Waals surface area contributed by atoms with Gasteiger partial charge in [0.05, 0.1) is 0 Å². The van der Waals surface area contributed by atoms with E-state index in [-0.39, 0.29) is 23.3 Å². The van der Waals surface area contributed by atoms with Gasteiger partial charge in [0.15, 0.2) is 0 Å². The van der Waals surface area contributed by atoms with Gasteiger partial charge >= 0.3 is 0 Å². The monoisotopic (exact) mass is 342 g/mol. The molecule has 2 atom stereocenters. The second kappa shape index (κ2) is 9.12. The molecule has 0 saturated carbocycles. The van der Waals surface area contributed by atoms with Crippen LogP contribution in [0.1, 0.15) is 82.8 Å². The number of allylic oxidation sites excluding steroid dienone is 3. The van der Waals surface area contributed by atoms with Crippen molar-refractivity contribution in [3.05, 3.63) is 47.1 Å². The Hall–Kier alpha value is -1.70. The Morgan fingerprint density at radius 1 is 1.12 bits per heavy atom. The summed E-state index contributed by atoms with van der Waals surface area (Å²) in [5.41, 5.74) is 4.13. The number of phenols is 2. The molecule has 1 aliphatic carbocycles. The summed E-state index contributed by atoms with van der Waals surface area (Å²) in [5.74, 6) is 0.752. The van der Waals surface area contributed by atoms with Gasteiger partial charge in [0.2, 0.25) is 0 Å². The van der Waals surface area contributed by atoms with Crippen molar-refractivity contribution >= 4 is 0 Å². The van der Waals surface area contributed by atoms with Gasteiger partial charge in [0.1, 0.15) is 11.5 Å². The lowest BCUT2D eigenvalue weighted by molar-refractivity contribution is 0.406. The molecule has 0 bridgehead atoms. The van der Waals surface area contributed by atoms with Gasteiger partial charge in [-0.25, -0.2) is 0 Å². The number of benzene rings is 1. The first-order valence-corrected chi connectivity index (χ1v) is 9.81. The maximum absolute atomic E-state index is 10.6. The first kappa shape index (κ1) is 19.6. The molecule has 0 spiro atoms. The molecule has 0 amide bonds. The largest absolute Gasteiger partial charge is 0.507 e. The van der Waals surface area contributed by atoms with Gasteiger partial charge in [0.25, 0.3) is 0 Å². The van der Waals surface area contributed by atoms with E-state index in [0.29, 0.717) is 5.56 Å². The molecule has 0 heterocycles. The number of rotatable bonds is 8. The van der Waals surface area contributed by atoms with E-state index in [9.17, 15) is 10.2 Å². The molecule has 0 saturated heterocycles. The van der Waals surface area contributed by atoms with Crippen LogP contribution in [0.4, 0.5) is 0 Å². The van der Waals surface area contributed by atoms with Crippen molar-refractivity contribution in [1.29, 1.82) is 0 Å². The lowest BCUT2D eigenvalue weighted by atomic mass is 9.73. The summed E-state index contributed by atoms with van der Waals surface area (Å²) in [6.45, 7) is 10.5. The van der Waals surface area contributed by atoms with Crippen LogP contribution < -0.4 is 0 Å². The van der Waals surface area contributed by atoms with Gasteiger partial charge in [-0.2, -0.15) is 0 Å². The minimum Gasteiger partial charge on any atom is -0.507 e. The zero-order valence-corrected chi connectivity index (χ0v) is 16.1. The molecule has 0 fully saturated rings. The highest BCUT2D eigenvalue weighted by Gasteiger charge is 2.30. The topological polar surface area (TPSA) is 40.5 Å². The Kier molecular flexibility index (Phi) is 7.16. The fraction of sp³-hybridized carbons (Fsp3) is 0.565. The van der Waals surface area contributed by atoms with Crippen LogP contribution in [-0.4, -0.2) is 10.2 Å². The fourth-order valence-corrected chi connectivity index (χ4v) is 4.00. The Labute approximate surface area is 153 Å². The van der Waals surface area contributed by atoms with Crippen LogP contribution in [0.15, 0.2) is 35.9 Å². The number of aryl methyl sites for hydroxylation is 1. The second-order valence-corrected chi connectivity index (χ2v) is 7.74. The third kappa shape index (κ3) is 5.14. The molecule has 138 valence electrons. The molecule has 1 aromatic carbocycles. The van der Waals surface area contributed by atoms with Crippen LogP contribution in [0.5, 0.6) is 11.5 Å². The second-order valence-electron chi connectivity index (χ2n) is 7.74. The SMILES string of the molecule is C=C(C)C1CCC(C)=C[C@@H]1c1c(O)cc(CCCCCCC)cc1O. The summed E-state index contributed by atoms with van der Waals surface area (Å²) < 4.78 is 0. The van der Waals surface area contributed by atoms with E-state index in [1.54, 1.807) is 0 Å². The lowest BCUT2D eigenvalue weighted by Crippen LogP contribution is -2.17. The number of hydrogen-bond donors (Lipinski definition) is 2. The number of hydrogen-bond acceptors (Lipinski definition) is 2. The number of aromatic hydroxyl groups is 2. The molecule has 2 nitrogen and oxygen atoms in total. The van der Waals surface area contributed by atoms with Crippen molar-refractivity contribution in [2.75, 3.05) is 0 Å². The third-order valence-corrected chi connectivity index (χ3v) is 5.48. The highest BCUT2D eigenvalue weighted by Crippen LogP contribution is 2.46. The predicted octanol–water partition coefficient (Wildman–Crippen LogP) is 6.63. The van der Waals surface area contributed by atoms with Crippen LogP contribution in [0.3, 0.4) is 0 Å². The summed E-state index contributed by atoms with van der Waals surface area (Å²) in [6, 6.07) is 3.70. The molecular weight excluding hydrogens is 308 g/mol. The normalized spacial score (nSPS) is 20.4. The van der Waals surface area contributed by atoms with E-state index in [0.717, 1.165) is 36.8 Å². The average Bonchev–Trinajstić information content (AvgIpc) is 2.54. The van der Waals surface area contributed by atoms with Gasteiger partial charge in [-0.15, -0.1) is 0 Å². The highest BCUT2D eigenvalue weighted by atomic mass is 16.3. The minimum atomic E-state index is 0.0184. The smallest absolute Gasteiger partial charge is 0.123 e. The molecule has 0 radical (unpaired) electrons. The zero-order valence-electron chi connectivity index (χ0n) is 16.1. The molecule has 1 aliphatic rings. The van der Waals surface area contributed by atoms with Crippen LogP contribution in [0.2, 0.25) is 0 Å². The minimum absolute atomic E-state index is 0.0184. The quantitative estimate of drug-likeness (QED) is 0.411. The van der Waals surface area contributed by atoms with Gasteiger partial charge < -0.3 is 10.2 Å². The van der Waals surface area contributed by atoms with Crippen LogP contribution in [0, 0.1) is 5.92 Å². The first-order valence-electron chi connectivity index (χ1n) is 9.81. The van der Waals surface area contributed by atoms with Crippen LogP contribution in [-0.2, 0) is 6.42 Å². The number of unbranched alkanes of at least 4 members (excludes halogenated alkanes) is 4. The van der Waals surface area contributed by atoms with Crippen molar-refractivity contribution < 1.29 is 10.2 Å². The molecule has 2 heteroatoms. The Bertz CT molecular complexity index is 604. The van der Waals surface area contributed by atoms with E-state index >= 15 is 0 Å². The van der Waals surface area contributed by atoms with Crippen molar-refractivity contribution in [3.8, 4) is 11.5 Å².